The van der Waals surface area contributed by atoms with E-state index in [1.807, 2.05) is 35.1 Å². The lowest BCUT2D eigenvalue weighted by atomic mass is 9.59. The second kappa shape index (κ2) is 21.7. The maximum absolute atomic E-state index is 14.2. The molecule has 0 aromatic heterocycles. The molecule has 2 heterocycles. The number of allylic oxidation sites excluding steroid dienone is 2. The lowest BCUT2D eigenvalue weighted by Gasteiger charge is -2.47. The third-order valence-electron chi connectivity index (χ3n) is 13.8. The van der Waals surface area contributed by atoms with Crippen LogP contribution in [0.1, 0.15) is 81.0 Å². The number of rotatable bonds is 19. The number of likely N-dealkylation sites (tertiary alicyclic amines) is 1. The Labute approximate surface area is 395 Å². The number of amides is 1. The number of hydrogen-bond donors (Lipinski definition) is 3. The number of benzene rings is 3. The molecule has 0 radical (unpaired) electrons. The van der Waals surface area contributed by atoms with Crippen LogP contribution in [0.25, 0.3) is 0 Å². The summed E-state index contributed by atoms with van der Waals surface area (Å²) in [6.45, 7) is 9.02. The van der Waals surface area contributed by atoms with Crippen molar-refractivity contribution in [1.29, 1.82) is 0 Å². The lowest BCUT2D eigenvalue weighted by molar-refractivity contribution is -0.0436. The number of aliphatic hydroxyl groups is 1. The summed E-state index contributed by atoms with van der Waals surface area (Å²) in [5.41, 5.74) is -2.46. The third-order valence-corrected chi connectivity index (χ3v) is 17.8. The van der Waals surface area contributed by atoms with Crippen LogP contribution in [-0.2, 0) is 19.9 Å². The van der Waals surface area contributed by atoms with Crippen LogP contribution in [0.4, 0.5) is 33.3 Å². The van der Waals surface area contributed by atoms with Gasteiger partial charge >= 0.3 is 5.51 Å². The first kappa shape index (κ1) is 50.9. The van der Waals surface area contributed by atoms with E-state index in [0.717, 1.165) is 61.6 Å². The molecule has 0 bridgehead atoms. The quantitative estimate of drug-likeness (QED) is 0.0603. The molecule has 2 aliphatic heterocycles. The number of sulfonamides is 1. The number of anilines is 2. The second-order valence-electron chi connectivity index (χ2n) is 18.4. The molecule has 1 atom stereocenters. The highest BCUT2D eigenvalue weighted by Gasteiger charge is 2.48. The number of carbonyl (C=O) groups is 1. The van der Waals surface area contributed by atoms with Gasteiger partial charge in [-0.2, -0.15) is 13.2 Å². The van der Waals surface area contributed by atoms with E-state index >= 15 is 0 Å². The van der Waals surface area contributed by atoms with Crippen LogP contribution in [0.5, 0.6) is 0 Å². The van der Waals surface area contributed by atoms with Crippen LogP contribution < -0.4 is 14.9 Å². The normalized spacial score (nSPS) is 19.4. The van der Waals surface area contributed by atoms with Crippen molar-refractivity contribution in [3.8, 4) is 0 Å². The van der Waals surface area contributed by atoms with Crippen molar-refractivity contribution in [1.82, 2.24) is 14.5 Å². The molecular formula is C48H60F5N5O6S3. The summed E-state index contributed by atoms with van der Waals surface area (Å²) >= 11 is 1.42. The Morgan fingerprint density at radius 2 is 1.57 bits per heavy atom. The molecule has 7 rings (SSSR count). The van der Waals surface area contributed by atoms with Gasteiger partial charge in [0.05, 0.1) is 16.7 Å². The first-order chi connectivity index (χ1) is 31.8. The van der Waals surface area contributed by atoms with Gasteiger partial charge in [-0.15, -0.1) is 11.8 Å². The molecule has 0 unspecified atom stereocenters. The minimum atomic E-state index is -6.09. The first-order valence-corrected chi connectivity index (χ1v) is 26.9. The zero-order valence-corrected chi connectivity index (χ0v) is 39.9. The van der Waals surface area contributed by atoms with E-state index < -0.39 is 65.3 Å². The molecule has 11 nitrogen and oxygen atoms in total. The summed E-state index contributed by atoms with van der Waals surface area (Å²) in [6, 6.07) is 17.3. The van der Waals surface area contributed by atoms with Gasteiger partial charge in [-0.05, 0) is 130 Å². The van der Waals surface area contributed by atoms with Crippen LogP contribution in [0.2, 0.25) is 0 Å². The van der Waals surface area contributed by atoms with E-state index in [1.54, 1.807) is 12.1 Å². The monoisotopic (exact) mass is 993 g/mol. The number of nitrogens with zero attached hydrogens (tertiary/aromatic N) is 3. The number of piperidine rings is 1. The molecule has 1 amide bonds. The van der Waals surface area contributed by atoms with Gasteiger partial charge in [0.15, 0.2) is 0 Å². The average molecular weight is 994 g/mol. The zero-order valence-electron chi connectivity index (χ0n) is 37.5. The largest absolute Gasteiger partial charge is 0.501 e. The highest BCUT2D eigenvalue weighted by Crippen LogP contribution is 2.54. The number of piperazine rings is 1. The third kappa shape index (κ3) is 13.0. The Bertz CT molecular complexity index is 2450. The topological polar surface area (TPSA) is 139 Å². The van der Waals surface area contributed by atoms with E-state index in [4.69, 9.17) is 0 Å². The molecule has 3 N–H and O–H groups in total. The van der Waals surface area contributed by atoms with Gasteiger partial charge in [0.25, 0.3) is 32.2 Å². The Kier molecular flexibility index (Phi) is 16.5. The minimum Gasteiger partial charge on any atom is -0.393 e. The van der Waals surface area contributed by atoms with E-state index in [0.29, 0.717) is 82.1 Å². The molecular weight excluding hydrogens is 934 g/mol. The van der Waals surface area contributed by atoms with Crippen molar-refractivity contribution in [2.24, 2.45) is 5.41 Å². The molecule has 4 aliphatic rings. The number of hydrogen-bond acceptors (Lipinski definition) is 11. The van der Waals surface area contributed by atoms with Gasteiger partial charge < -0.3 is 20.2 Å². The van der Waals surface area contributed by atoms with Crippen molar-refractivity contribution in [3.63, 3.8) is 0 Å². The standard InChI is InChI=1S/C48H60F5N5O6S3/c1-34(45(49)50)8-9-36-31-47(20-5-21-47)22-16-37(36)32-57-26-28-58(29-27-57)39-12-10-35(11-13-39)46(60)55-67(63,64)42-14-15-43(44(30-42)66(61,62)48(51,52)53)54-38(33-65-41-6-3-2-4-7-41)17-23-56-24-18-40(59)19-25-56/h2-4,6-7,10-15,30,38,40,45,54,59H,1,5,8-9,16-29,31-33H2,(H,55,60)/t38-/m1/s1. The Morgan fingerprint density at radius 1 is 0.881 bits per heavy atom. The van der Waals surface area contributed by atoms with Gasteiger partial charge in [-0.25, -0.2) is 30.3 Å². The molecule has 1 saturated carbocycles. The fourth-order valence-corrected chi connectivity index (χ4v) is 12.5. The molecule has 3 fully saturated rings. The predicted octanol–water partition coefficient (Wildman–Crippen LogP) is 8.89. The van der Waals surface area contributed by atoms with Crippen molar-refractivity contribution >= 4 is 48.9 Å². The highest BCUT2D eigenvalue weighted by molar-refractivity contribution is 7.99. The Balaban J connectivity index is 0.999. The summed E-state index contributed by atoms with van der Waals surface area (Å²) in [4.78, 5) is 18.7. The van der Waals surface area contributed by atoms with E-state index in [-0.39, 0.29) is 11.1 Å². The predicted molar refractivity (Wildman–Crippen MR) is 252 cm³/mol. The smallest absolute Gasteiger partial charge is 0.393 e. The first-order valence-electron chi connectivity index (χ1n) is 22.9. The van der Waals surface area contributed by atoms with E-state index in [9.17, 15) is 48.7 Å². The van der Waals surface area contributed by atoms with Crippen molar-refractivity contribution in [2.45, 2.75) is 109 Å². The number of thioether (sulfide) groups is 1. The van der Waals surface area contributed by atoms with Crippen LogP contribution in [0, 0.1) is 5.41 Å². The molecule has 2 saturated heterocycles. The Hall–Kier alpha value is -4.01. The van der Waals surface area contributed by atoms with Gasteiger partial charge in [0.1, 0.15) is 4.90 Å². The van der Waals surface area contributed by atoms with Crippen LogP contribution in [0.15, 0.2) is 111 Å². The van der Waals surface area contributed by atoms with Crippen molar-refractivity contribution in [3.05, 3.63) is 102 Å². The molecule has 19 heteroatoms. The van der Waals surface area contributed by atoms with Crippen molar-refractivity contribution in [2.75, 3.05) is 68.3 Å². The lowest BCUT2D eigenvalue weighted by Crippen LogP contribution is -2.47. The summed E-state index contributed by atoms with van der Waals surface area (Å²) in [7, 11) is -11.0. The number of aliphatic hydroxyl groups excluding tert-OH is 1. The van der Waals surface area contributed by atoms with Gasteiger partial charge in [-0.1, -0.05) is 42.3 Å². The number of alkyl halides is 5. The van der Waals surface area contributed by atoms with Crippen LogP contribution in [0.3, 0.4) is 0 Å². The molecule has 2 aliphatic carbocycles. The molecule has 366 valence electrons. The molecule has 1 spiro atoms. The summed E-state index contributed by atoms with van der Waals surface area (Å²) in [5.74, 6) is -0.720. The number of halogens is 5. The van der Waals surface area contributed by atoms with Crippen LogP contribution in [-0.4, -0.2) is 120 Å². The summed E-state index contributed by atoms with van der Waals surface area (Å²) in [5, 5.41) is 12.9. The molecule has 3 aromatic carbocycles. The van der Waals surface area contributed by atoms with Gasteiger partial charge in [0.2, 0.25) is 0 Å². The molecule has 3 aromatic rings. The summed E-state index contributed by atoms with van der Waals surface area (Å²) < 4.78 is 124. The number of nitrogens with one attached hydrogen (secondary N) is 2. The minimum absolute atomic E-state index is 0.0188. The van der Waals surface area contributed by atoms with Gasteiger partial charge in [0, 0.05) is 80.3 Å². The van der Waals surface area contributed by atoms with E-state index in [2.05, 4.69) is 26.6 Å². The maximum atomic E-state index is 14.2. The fourth-order valence-electron chi connectivity index (χ4n) is 9.48. The SMILES string of the molecule is C=C(CCC1=C(CN2CCN(c3ccc(C(=O)NS(=O)(=O)c4ccc(N[C@H](CCN5CCC(O)CC5)CSc5ccccc5)c(S(=O)(=O)C(F)(F)F)c4)cc3)CC2)CCC2(CCC2)C1)C(F)F. The highest BCUT2D eigenvalue weighted by atomic mass is 32.2. The van der Waals surface area contributed by atoms with Crippen molar-refractivity contribution < 1.29 is 48.7 Å². The van der Waals surface area contributed by atoms with E-state index in [1.165, 1.54) is 54.3 Å². The number of sulfone groups is 1. The van der Waals surface area contributed by atoms with Crippen LogP contribution >= 0.6 is 11.8 Å². The fraction of sp³-hybridized carbons (Fsp3) is 0.521. The second-order valence-corrected chi connectivity index (χ2v) is 23.1. The van der Waals surface area contributed by atoms with Gasteiger partial charge in [-0.3, -0.25) is 9.69 Å². The average Bonchev–Trinajstić information content (AvgIpc) is 3.29. The number of carbonyl (C=O) groups excluding carboxylic acids is 1. The molecule has 67 heavy (non-hydrogen) atoms. The maximum Gasteiger partial charge on any atom is 0.501 e. The summed E-state index contributed by atoms with van der Waals surface area (Å²) in [6.07, 6.45) is 6.28. The zero-order chi connectivity index (χ0) is 48.0. The Morgan fingerprint density at radius 3 is 2.19 bits per heavy atom.